The lowest BCUT2D eigenvalue weighted by Crippen LogP contribution is -2.20. The van der Waals surface area contributed by atoms with Crippen LogP contribution < -0.4 is 11.5 Å². The number of carboxylic acids is 1. The molecule has 0 spiro atoms. The number of nitrogens with two attached hydrogens (primary N) is 2. The molecule has 5 heteroatoms. The maximum Gasteiger partial charge on any atom is 0.306 e. The lowest BCUT2D eigenvalue weighted by atomic mass is 9.96. The van der Waals surface area contributed by atoms with E-state index in [0.29, 0.717) is 25.1 Å². The fraction of sp³-hybridized carbons (Fsp3) is 0.357. The Morgan fingerprint density at radius 1 is 1.47 bits per heavy atom. The summed E-state index contributed by atoms with van der Waals surface area (Å²) in [6, 6.07) is 5.69. The van der Waals surface area contributed by atoms with Crippen molar-refractivity contribution < 1.29 is 9.90 Å². The molecule has 0 aliphatic carbocycles. The van der Waals surface area contributed by atoms with E-state index >= 15 is 0 Å². The Bertz CT molecular complexity index is 604. The third kappa shape index (κ3) is 2.71. The highest BCUT2D eigenvalue weighted by molar-refractivity contribution is 5.87. The summed E-state index contributed by atoms with van der Waals surface area (Å²) in [7, 11) is 1.95. The van der Waals surface area contributed by atoms with E-state index in [9.17, 15) is 9.90 Å². The van der Waals surface area contributed by atoms with E-state index in [1.165, 1.54) is 0 Å². The van der Waals surface area contributed by atoms with Gasteiger partial charge in [-0.15, -0.1) is 0 Å². The van der Waals surface area contributed by atoms with Crippen LogP contribution in [-0.4, -0.2) is 22.2 Å². The number of aromatic nitrogens is 1. The van der Waals surface area contributed by atoms with Crippen molar-refractivity contribution in [3.8, 4) is 0 Å². The Morgan fingerprint density at radius 3 is 2.84 bits per heavy atom. The number of rotatable bonds is 5. The molecule has 5 N–H and O–H groups in total. The second-order valence-electron chi connectivity index (χ2n) is 4.86. The molecule has 2 aromatic rings. The number of hydrogen-bond acceptors (Lipinski definition) is 3. The van der Waals surface area contributed by atoms with Gasteiger partial charge in [-0.25, -0.2) is 0 Å². The van der Waals surface area contributed by atoms with Gasteiger partial charge in [-0.3, -0.25) is 4.79 Å². The van der Waals surface area contributed by atoms with Gasteiger partial charge in [0.05, 0.1) is 5.92 Å². The molecule has 1 aromatic carbocycles. The molecular weight excluding hydrogens is 242 g/mol. The van der Waals surface area contributed by atoms with Gasteiger partial charge in [-0.05, 0) is 43.1 Å². The summed E-state index contributed by atoms with van der Waals surface area (Å²) in [4.78, 5) is 11.2. The minimum absolute atomic E-state index is 0.379. The van der Waals surface area contributed by atoms with Crippen LogP contribution in [0.5, 0.6) is 0 Å². The van der Waals surface area contributed by atoms with E-state index in [-0.39, 0.29) is 0 Å². The van der Waals surface area contributed by atoms with Crippen molar-refractivity contribution in [2.24, 2.45) is 18.7 Å². The summed E-state index contributed by atoms with van der Waals surface area (Å²) in [5.41, 5.74) is 14.0. The van der Waals surface area contributed by atoms with Gasteiger partial charge < -0.3 is 21.1 Å². The van der Waals surface area contributed by atoms with Gasteiger partial charge in [0.2, 0.25) is 0 Å². The average Bonchev–Trinajstić information content (AvgIpc) is 2.65. The van der Waals surface area contributed by atoms with Crippen molar-refractivity contribution in [3.63, 3.8) is 0 Å². The zero-order valence-corrected chi connectivity index (χ0v) is 11.0. The molecular formula is C14H19N3O2. The van der Waals surface area contributed by atoms with E-state index < -0.39 is 11.9 Å². The Hall–Kier alpha value is -2.01. The number of aryl methyl sites for hydroxylation is 1. The van der Waals surface area contributed by atoms with Gasteiger partial charge in [0.1, 0.15) is 0 Å². The van der Waals surface area contributed by atoms with Crippen molar-refractivity contribution in [1.82, 2.24) is 4.57 Å². The van der Waals surface area contributed by atoms with Crippen LogP contribution in [-0.2, 0) is 18.3 Å². The number of nitrogen functional groups attached to an aromatic ring is 1. The van der Waals surface area contributed by atoms with E-state index in [2.05, 4.69) is 0 Å². The highest BCUT2D eigenvalue weighted by Crippen LogP contribution is 2.26. The summed E-state index contributed by atoms with van der Waals surface area (Å²) in [6.07, 6.45) is 2.93. The Balaban J connectivity index is 2.39. The van der Waals surface area contributed by atoms with Gasteiger partial charge in [0.25, 0.3) is 0 Å². The van der Waals surface area contributed by atoms with Crippen LogP contribution >= 0.6 is 0 Å². The van der Waals surface area contributed by atoms with Crippen LogP contribution in [0.15, 0.2) is 24.4 Å². The lowest BCUT2D eigenvalue weighted by Gasteiger charge is -2.10. The smallest absolute Gasteiger partial charge is 0.306 e. The Kier molecular flexibility index (Phi) is 3.76. The fourth-order valence-electron chi connectivity index (χ4n) is 2.43. The maximum atomic E-state index is 11.2. The molecule has 1 atom stereocenters. The van der Waals surface area contributed by atoms with Gasteiger partial charge in [-0.1, -0.05) is 0 Å². The summed E-state index contributed by atoms with van der Waals surface area (Å²) in [5, 5.41) is 10.2. The maximum absolute atomic E-state index is 11.2. The predicted octanol–water partition coefficient (Wildman–Crippen LogP) is 1.35. The number of aliphatic carboxylic acids is 1. The first-order valence-corrected chi connectivity index (χ1v) is 6.29. The third-order valence-corrected chi connectivity index (χ3v) is 3.43. The van der Waals surface area contributed by atoms with Crippen molar-refractivity contribution in [3.05, 3.63) is 30.0 Å². The molecule has 0 bridgehead atoms. The molecule has 1 unspecified atom stereocenters. The minimum atomic E-state index is -0.800. The number of carbonyl (C=O) groups is 1. The predicted molar refractivity (Wildman–Crippen MR) is 75.8 cm³/mol. The number of hydrogen-bond donors (Lipinski definition) is 3. The molecule has 2 rings (SSSR count). The number of carboxylic acid groups (broad SMARTS) is 1. The molecule has 0 radical (unpaired) electrons. The Labute approximate surface area is 111 Å². The highest BCUT2D eigenvalue weighted by atomic mass is 16.4. The largest absolute Gasteiger partial charge is 0.481 e. The third-order valence-electron chi connectivity index (χ3n) is 3.43. The van der Waals surface area contributed by atoms with Gasteiger partial charge in [-0.2, -0.15) is 0 Å². The van der Waals surface area contributed by atoms with Gasteiger partial charge in [0.15, 0.2) is 0 Å². The molecule has 0 fully saturated rings. The molecule has 19 heavy (non-hydrogen) atoms. The van der Waals surface area contributed by atoms with Gasteiger partial charge >= 0.3 is 5.97 Å². The molecule has 0 saturated heterocycles. The molecule has 102 valence electrons. The summed E-state index contributed by atoms with van der Waals surface area (Å²) in [5.74, 6) is -1.25. The van der Waals surface area contributed by atoms with Crippen LogP contribution in [0.2, 0.25) is 0 Å². The quantitative estimate of drug-likeness (QED) is 0.708. The molecule has 1 aromatic heterocycles. The SMILES string of the molecule is Cn1cc(CC(CCN)C(=O)O)c2cc(N)ccc21. The number of benzene rings is 1. The molecule has 0 amide bonds. The van der Waals surface area contributed by atoms with Crippen molar-refractivity contribution in [2.45, 2.75) is 12.8 Å². The van der Waals surface area contributed by atoms with Crippen LogP contribution in [0.4, 0.5) is 5.69 Å². The van der Waals surface area contributed by atoms with Crippen LogP contribution in [0.1, 0.15) is 12.0 Å². The fourth-order valence-corrected chi connectivity index (χ4v) is 2.43. The van der Waals surface area contributed by atoms with Crippen molar-refractivity contribution in [2.75, 3.05) is 12.3 Å². The highest BCUT2D eigenvalue weighted by Gasteiger charge is 2.19. The topological polar surface area (TPSA) is 94.3 Å². The van der Waals surface area contributed by atoms with E-state index in [1.54, 1.807) is 0 Å². The molecule has 5 nitrogen and oxygen atoms in total. The van der Waals surface area contributed by atoms with Crippen LogP contribution in [0, 0.1) is 5.92 Å². The van der Waals surface area contributed by atoms with E-state index in [0.717, 1.165) is 16.5 Å². The standard InChI is InChI=1S/C14H19N3O2/c1-17-8-10(6-9(4-5-15)14(18)19)12-7-11(16)2-3-13(12)17/h2-3,7-9H,4-6,15-16H2,1H3,(H,18,19). The first kappa shape index (κ1) is 13.4. The second-order valence-corrected chi connectivity index (χ2v) is 4.86. The summed E-state index contributed by atoms with van der Waals surface area (Å²) in [6.45, 7) is 0.379. The number of nitrogens with zero attached hydrogens (tertiary/aromatic N) is 1. The van der Waals surface area contributed by atoms with Gasteiger partial charge in [0, 0.05) is 29.8 Å². The normalized spacial score (nSPS) is 12.7. The summed E-state index contributed by atoms with van der Waals surface area (Å²) < 4.78 is 1.99. The first-order chi connectivity index (χ1) is 9.02. The second kappa shape index (κ2) is 5.32. The zero-order valence-electron chi connectivity index (χ0n) is 11.0. The first-order valence-electron chi connectivity index (χ1n) is 6.29. The lowest BCUT2D eigenvalue weighted by molar-refractivity contribution is -0.141. The van der Waals surface area contributed by atoms with Crippen LogP contribution in [0.3, 0.4) is 0 Å². The molecule has 0 saturated carbocycles. The average molecular weight is 261 g/mol. The monoisotopic (exact) mass is 261 g/mol. The van der Waals surface area contributed by atoms with Crippen molar-refractivity contribution >= 4 is 22.6 Å². The number of fused-ring (bicyclic) bond motifs is 1. The molecule has 1 heterocycles. The van der Waals surface area contributed by atoms with Crippen LogP contribution in [0.25, 0.3) is 10.9 Å². The number of anilines is 1. The summed E-state index contributed by atoms with van der Waals surface area (Å²) >= 11 is 0. The zero-order chi connectivity index (χ0) is 14.0. The van der Waals surface area contributed by atoms with E-state index in [1.807, 2.05) is 36.0 Å². The molecule has 0 aliphatic rings. The van der Waals surface area contributed by atoms with E-state index in [4.69, 9.17) is 11.5 Å². The minimum Gasteiger partial charge on any atom is -0.481 e. The van der Waals surface area contributed by atoms with Crippen molar-refractivity contribution in [1.29, 1.82) is 0 Å². The Morgan fingerprint density at radius 2 is 2.21 bits per heavy atom. The molecule has 0 aliphatic heterocycles.